The summed E-state index contributed by atoms with van der Waals surface area (Å²) in [6.07, 6.45) is 1.74. The van der Waals surface area contributed by atoms with Crippen molar-refractivity contribution in [1.82, 2.24) is 4.98 Å². The standard InChI is InChI=1S/C8H6O2.C6H8N2/c9-8-7-4-2-1-3-6(7)5-10-8;7-5-6-3-1-2-4-8-6/h1-4H,5H2;1-4H,5,7H2. The first kappa shape index (κ1) is 12.3. The number of aromatic nitrogens is 1. The van der Waals surface area contributed by atoms with Crippen LogP contribution in [0.1, 0.15) is 21.6 Å². The summed E-state index contributed by atoms with van der Waals surface area (Å²) in [5.41, 5.74) is 7.93. The van der Waals surface area contributed by atoms with Crippen molar-refractivity contribution in [3.05, 3.63) is 65.5 Å². The zero-order valence-corrected chi connectivity index (χ0v) is 9.87. The van der Waals surface area contributed by atoms with Crippen molar-refractivity contribution in [2.75, 3.05) is 0 Å². The smallest absolute Gasteiger partial charge is 0.338 e. The van der Waals surface area contributed by atoms with Crippen molar-refractivity contribution in [3.63, 3.8) is 0 Å². The van der Waals surface area contributed by atoms with Gasteiger partial charge in [0.15, 0.2) is 0 Å². The molecule has 0 spiro atoms. The minimum Gasteiger partial charge on any atom is -0.457 e. The van der Waals surface area contributed by atoms with E-state index >= 15 is 0 Å². The van der Waals surface area contributed by atoms with Crippen molar-refractivity contribution in [1.29, 1.82) is 0 Å². The lowest BCUT2D eigenvalue weighted by Crippen LogP contribution is -1.97. The predicted molar refractivity (Wildman–Crippen MR) is 67.7 cm³/mol. The summed E-state index contributed by atoms with van der Waals surface area (Å²) in [6.45, 7) is 0.968. The van der Waals surface area contributed by atoms with Crippen LogP contribution < -0.4 is 5.73 Å². The summed E-state index contributed by atoms with van der Waals surface area (Å²) in [6, 6.07) is 13.1. The number of fused-ring (bicyclic) bond motifs is 1. The van der Waals surface area contributed by atoms with Gasteiger partial charge in [-0.2, -0.15) is 0 Å². The highest BCUT2D eigenvalue weighted by Crippen LogP contribution is 2.17. The number of pyridine rings is 1. The Labute approximate surface area is 105 Å². The van der Waals surface area contributed by atoms with Crippen molar-refractivity contribution in [2.45, 2.75) is 13.2 Å². The molecule has 1 aromatic carbocycles. The van der Waals surface area contributed by atoms with E-state index in [1.807, 2.05) is 36.4 Å². The van der Waals surface area contributed by atoms with E-state index in [0.717, 1.165) is 11.3 Å². The number of cyclic esters (lactones) is 1. The summed E-state index contributed by atoms with van der Waals surface area (Å²) in [4.78, 5) is 14.8. The van der Waals surface area contributed by atoms with Crippen molar-refractivity contribution in [3.8, 4) is 0 Å². The summed E-state index contributed by atoms with van der Waals surface area (Å²) in [5, 5.41) is 0. The maximum Gasteiger partial charge on any atom is 0.338 e. The Morgan fingerprint density at radius 2 is 1.94 bits per heavy atom. The number of esters is 1. The second-order valence-electron chi connectivity index (χ2n) is 3.76. The molecule has 4 nitrogen and oxygen atoms in total. The van der Waals surface area contributed by atoms with Gasteiger partial charge in [0.25, 0.3) is 0 Å². The largest absolute Gasteiger partial charge is 0.457 e. The van der Waals surface area contributed by atoms with E-state index in [1.165, 1.54) is 0 Å². The molecular weight excluding hydrogens is 228 g/mol. The predicted octanol–water partition coefficient (Wildman–Crippen LogP) is 1.90. The third kappa shape index (κ3) is 2.93. The summed E-state index contributed by atoms with van der Waals surface area (Å²) in [7, 11) is 0. The molecule has 0 bridgehead atoms. The first-order chi connectivity index (χ1) is 8.81. The van der Waals surface area contributed by atoms with E-state index in [2.05, 4.69) is 4.98 Å². The molecule has 1 aliphatic heterocycles. The lowest BCUT2D eigenvalue weighted by Gasteiger charge is -1.89. The number of rotatable bonds is 1. The quantitative estimate of drug-likeness (QED) is 0.776. The van der Waals surface area contributed by atoms with Gasteiger partial charge in [-0.3, -0.25) is 4.98 Å². The molecule has 0 atom stereocenters. The lowest BCUT2D eigenvalue weighted by atomic mass is 10.1. The Morgan fingerprint density at radius 3 is 2.56 bits per heavy atom. The number of carbonyl (C=O) groups excluding carboxylic acids is 1. The van der Waals surface area contributed by atoms with Crippen LogP contribution in [0.5, 0.6) is 0 Å². The maximum absolute atomic E-state index is 10.8. The molecule has 3 rings (SSSR count). The number of nitrogens with two attached hydrogens (primary N) is 1. The van der Waals surface area contributed by atoms with E-state index in [4.69, 9.17) is 10.5 Å². The molecule has 0 unspecified atom stereocenters. The van der Waals surface area contributed by atoms with Crippen LogP contribution in [-0.2, 0) is 17.9 Å². The van der Waals surface area contributed by atoms with Crippen LogP contribution in [0, 0.1) is 0 Å². The molecule has 0 radical (unpaired) electrons. The van der Waals surface area contributed by atoms with Gasteiger partial charge in [-0.25, -0.2) is 4.79 Å². The minimum absolute atomic E-state index is 0.199. The number of nitrogens with zero attached hydrogens (tertiary/aromatic N) is 1. The first-order valence-electron chi connectivity index (χ1n) is 5.66. The van der Waals surface area contributed by atoms with Crippen molar-refractivity contribution in [2.24, 2.45) is 5.73 Å². The molecule has 2 heterocycles. The van der Waals surface area contributed by atoms with Gasteiger partial charge < -0.3 is 10.5 Å². The molecular formula is C14H14N2O2. The number of carbonyl (C=O) groups is 1. The molecule has 1 aromatic heterocycles. The minimum atomic E-state index is -0.199. The van der Waals surface area contributed by atoms with E-state index < -0.39 is 0 Å². The van der Waals surface area contributed by atoms with Crippen LogP contribution in [0.25, 0.3) is 0 Å². The van der Waals surface area contributed by atoms with Crippen LogP contribution in [0.3, 0.4) is 0 Å². The molecule has 0 saturated carbocycles. The van der Waals surface area contributed by atoms with E-state index in [-0.39, 0.29) is 5.97 Å². The van der Waals surface area contributed by atoms with Gasteiger partial charge in [0.1, 0.15) is 6.61 Å². The van der Waals surface area contributed by atoms with Gasteiger partial charge in [-0.05, 0) is 18.2 Å². The SMILES string of the molecule is NCc1ccccn1.O=C1OCc2ccccc21. The van der Waals surface area contributed by atoms with Gasteiger partial charge in [-0.1, -0.05) is 24.3 Å². The zero-order valence-electron chi connectivity index (χ0n) is 9.87. The number of benzene rings is 1. The molecule has 2 aromatic rings. The first-order valence-corrected chi connectivity index (χ1v) is 5.66. The summed E-state index contributed by atoms with van der Waals surface area (Å²) < 4.78 is 4.78. The van der Waals surface area contributed by atoms with Crippen LogP contribution in [0.15, 0.2) is 48.7 Å². The van der Waals surface area contributed by atoms with Crippen LogP contribution in [0.4, 0.5) is 0 Å². The van der Waals surface area contributed by atoms with Gasteiger partial charge in [0.05, 0.1) is 11.3 Å². The van der Waals surface area contributed by atoms with Gasteiger partial charge in [-0.15, -0.1) is 0 Å². The second-order valence-corrected chi connectivity index (χ2v) is 3.76. The molecule has 92 valence electrons. The Morgan fingerprint density at radius 1 is 1.17 bits per heavy atom. The monoisotopic (exact) mass is 242 g/mol. The Hall–Kier alpha value is -2.20. The highest BCUT2D eigenvalue weighted by molar-refractivity contribution is 5.93. The highest BCUT2D eigenvalue weighted by Gasteiger charge is 2.18. The third-order valence-electron chi connectivity index (χ3n) is 2.53. The highest BCUT2D eigenvalue weighted by atomic mass is 16.5. The molecule has 4 heteroatoms. The van der Waals surface area contributed by atoms with Gasteiger partial charge in [0, 0.05) is 18.3 Å². The zero-order chi connectivity index (χ0) is 12.8. The van der Waals surface area contributed by atoms with E-state index in [1.54, 1.807) is 12.3 Å². The topological polar surface area (TPSA) is 65.2 Å². The van der Waals surface area contributed by atoms with Crippen LogP contribution >= 0.6 is 0 Å². The molecule has 0 saturated heterocycles. The second kappa shape index (κ2) is 5.93. The number of ether oxygens (including phenoxy) is 1. The fourth-order valence-electron chi connectivity index (χ4n) is 1.59. The molecule has 0 amide bonds. The Balaban J connectivity index is 0.000000138. The van der Waals surface area contributed by atoms with Gasteiger partial charge >= 0.3 is 5.97 Å². The fourth-order valence-corrected chi connectivity index (χ4v) is 1.59. The van der Waals surface area contributed by atoms with E-state index in [9.17, 15) is 4.79 Å². The van der Waals surface area contributed by atoms with Crippen molar-refractivity contribution >= 4 is 5.97 Å². The van der Waals surface area contributed by atoms with Crippen LogP contribution in [-0.4, -0.2) is 11.0 Å². The van der Waals surface area contributed by atoms with E-state index in [0.29, 0.717) is 18.7 Å². The van der Waals surface area contributed by atoms with Crippen molar-refractivity contribution < 1.29 is 9.53 Å². The number of hydrogen-bond acceptors (Lipinski definition) is 4. The molecule has 18 heavy (non-hydrogen) atoms. The normalized spacial score (nSPS) is 12.2. The maximum atomic E-state index is 10.8. The van der Waals surface area contributed by atoms with Crippen LogP contribution in [0.2, 0.25) is 0 Å². The average Bonchev–Trinajstić information content (AvgIpc) is 2.83. The molecule has 0 fully saturated rings. The summed E-state index contributed by atoms with van der Waals surface area (Å²) >= 11 is 0. The molecule has 0 aliphatic carbocycles. The Kier molecular flexibility index (Phi) is 4.04. The Bertz CT molecular complexity index is 526. The molecule has 1 aliphatic rings. The fraction of sp³-hybridized carbons (Fsp3) is 0.143. The number of hydrogen-bond donors (Lipinski definition) is 1. The van der Waals surface area contributed by atoms with Gasteiger partial charge in [0.2, 0.25) is 0 Å². The summed E-state index contributed by atoms with van der Waals surface area (Å²) in [5.74, 6) is -0.199. The molecule has 2 N–H and O–H groups in total. The lowest BCUT2D eigenvalue weighted by molar-refractivity contribution is 0.0535. The third-order valence-corrected chi connectivity index (χ3v) is 2.53. The average molecular weight is 242 g/mol.